The molecule has 1 amide bonds. The van der Waals surface area contributed by atoms with Crippen LogP contribution in [0.15, 0.2) is 30.3 Å². The maximum absolute atomic E-state index is 11.9. The number of hydrogen-bond acceptors (Lipinski definition) is 3. The zero-order chi connectivity index (χ0) is 12.1. The van der Waals surface area contributed by atoms with Gasteiger partial charge >= 0.3 is 0 Å². The van der Waals surface area contributed by atoms with Gasteiger partial charge in [0.1, 0.15) is 0 Å². The van der Waals surface area contributed by atoms with E-state index in [9.17, 15) is 4.79 Å². The van der Waals surface area contributed by atoms with Crippen LogP contribution in [0.4, 0.5) is 0 Å². The van der Waals surface area contributed by atoms with E-state index in [0.29, 0.717) is 19.8 Å². The van der Waals surface area contributed by atoms with Gasteiger partial charge in [-0.05, 0) is 12.0 Å². The lowest BCUT2D eigenvalue weighted by atomic mass is 10.0. The van der Waals surface area contributed by atoms with E-state index >= 15 is 0 Å². The van der Waals surface area contributed by atoms with Crippen LogP contribution in [0, 0.1) is 5.92 Å². The number of carbonyl (C=O) groups is 1. The van der Waals surface area contributed by atoms with Crippen LogP contribution in [-0.2, 0) is 9.53 Å². The Kier molecular flexibility index (Phi) is 4.12. The van der Waals surface area contributed by atoms with Crippen molar-refractivity contribution in [2.24, 2.45) is 11.7 Å². The molecule has 4 heteroatoms. The van der Waals surface area contributed by atoms with Gasteiger partial charge in [-0.25, -0.2) is 0 Å². The second-order valence-electron chi connectivity index (χ2n) is 4.27. The van der Waals surface area contributed by atoms with Crippen LogP contribution >= 0.6 is 0 Å². The number of carbonyl (C=O) groups excluding carboxylic acids is 1. The molecule has 0 aliphatic carbocycles. The molecule has 3 N–H and O–H groups in total. The van der Waals surface area contributed by atoms with Crippen LogP contribution < -0.4 is 11.1 Å². The second kappa shape index (κ2) is 5.80. The minimum atomic E-state index is -0.107. The highest BCUT2D eigenvalue weighted by Gasteiger charge is 2.25. The molecular weight excluding hydrogens is 216 g/mol. The van der Waals surface area contributed by atoms with Crippen LogP contribution in [0.5, 0.6) is 0 Å². The Bertz CT molecular complexity index is 361. The smallest absolute Gasteiger partial charge is 0.226 e. The predicted octanol–water partition coefficient (Wildman–Crippen LogP) is 0.839. The third-order valence-electron chi connectivity index (χ3n) is 3.05. The molecule has 0 aromatic heterocycles. The summed E-state index contributed by atoms with van der Waals surface area (Å²) in [6.07, 6.45) is 0.803. The fourth-order valence-electron chi connectivity index (χ4n) is 1.99. The van der Waals surface area contributed by atoms with Crippen LogP contribution in [-0.4, -0.2) is 25.7 Å². The summed E-state index contributed by atoms with van der Waals surface area (Å²) in [6, 6.07) is 9.69. The molecule has 17 heavy (non-hydrogen) atoms. The van der Waals surface area contributed by atoms with E-state index in [-0.39, 0.29) is 17.9 Å². The van der Waals surface area contributed by atoms with E-state index in [1.54, 1.807) is 0 Å². The molecule has 4 nitrogen and oxygen atoms in total. The van der Waals surface area contributed by atoms with Gasteiger partial charge in [0.15, 0.2) is 0 Å². The fourth-order valence-corrected chi connectivity index (χ4v) is 1.99. The van der Waals surface area contributed by atoms with Crippen molar-refractivity contribution >= 4 is 5.91 Å². The number of amides is 1. The standard InChI is InChI=1S/C13H18N2O2/c14-8-12(10-4-2-1-3-5-10)15-13(16)11-6-7-17-9-11/h1-5,11-12H,6-9,14H2,(H,15,16)/t11?,12-/m1/s1. The minimum Gasteiger partial charge on any atom is -0.381 e. The lowest BCUT2D eigenvalue weighted by Gasteiger charge is -2.19. The van der Waals surface area contributed by atoms with Crippen molar-refractivity contribution in [1.29, 1.82) is 0 Å². The van der Waals surface area contributed by atoms with Gasteiger partial charge in [0.05, 0.1) is 18.6 Å². The summed E-state index contributed by atoms with van der Waals surface area (Å²) in [4.78, 5) is 11.9. The van der Waals surface area contributed by atoms with E-state index in [2.05, 4.69) is 5.32 Å². The molecule has 2 rings (SSSR count). The average molecular weight is 234 g/mol. The summed E-state index contributed by atoms with van der Waals surface area (Å²) < 4.78 is 5.21. The van der Waals surface area contributed by atoms with Crippen molar-refractivity contribution in [3.05, 3.63) is 35.9 Å². The van der Waals surface area contributed by atoms with Crippen molar-refractivity contribution in [2.75, 3.05) is 19.8 Å². The average Bonchev–Trinajstić information content (AvgIpc) is 2.90. The first-order chi connectivity index (χ1) is 8.31. The van der Waals surface area contributed by atoms with Crippen LogP contribution in [0.3, 0.4) is 0 Å². The number of rotatable bonds is 4. The molecule has 1 saturated heterocycles. The summed E-state index contributed by atoms with van der Waals surface area (Å²) in [5, 5.41) is 2.98. The molecule has 1 aliphatic heterocycles. The Balaban J connectivity index is 1.97. The molecule has 1 aromatic carbocycles. The second-order valence-corrected chi connectivity index (χ2v) is 4.27. The van der Waals surface area contributed by atoms with Gasteiger partial charge in [0.2, 0.25) is 5.91 Å². The number of hydrogen-bond donors (Lipinski definition) is 2. The maximum atomic E-state index is 11.9. The van der Waals surface area contributed by atoms with Gasteiger partial charge in [0, 0.05) is 13.2 Å². The van der Waals surface area contributed by atoms with Gasteiger partial charge in [0.25, 0.3) is 0 Å². The lowest BCUT2D eigenvalue weighted by molar-refractivity contribution is -0.125. The van der Waals surface area contributed by atoms with Crippen LogP contribution in [0.1, 0.15) is 18.0 Å². The molecule has 1 aromatic rings. The zero-order valence-electron chi connectivity index (χ0n) is 9.76. The highest BCUT2D eigenvalue weighted by atomic mass is 16.5. The molecular formula is C13H18N2O2. The third-order valence-corrected chi connectivity index (χ3v) is 3.05. The van der Waals surface area contributed by atoms with Gasteiger partial charge in [-0.3, -0.25) is 4.79 Å². The van der Waals surface area contributed by atoms with Crippen LogP contribution in [0.25, 0.3) is 0 Å². The van der Waals surface area contributed by atoms with Crippen molar-refractivity contribution in [3.8, 4) is 0 Å². The number of benzene rings is 1. The summed E-state index contributed by atoms with van der Waals surface area (Å²) in [5.41, 5.74) is 6.75. The quantitative estimate of drug-likeness (QED) is 0.811. The third kappa shape index (κ3) is 3.05. The maximum Gasteiger partial charge on any atom is 0.226 e. The van der Waals surface area contributed by atoms with Crippen molar-refractivity contribution in [3.63, 3.8) is 0 Å². The largest absolute Gasteiger partial charge is 0.381 e. The lowest BCUT2D eigenvalue weighted by Crippen LogP contribution is -2.37. The zero-order valence-corrected chi connectivity index (χ0v) is 9.76. The molecule has 1 unspecified atom stereocenters. The highest BCUT2D eigenvalue weighted by molar-refractivity contribution is 5.79. The molecule has 2 atom stereocenters. The van der Waals surface area contributed by atoms with E-state index in [4.69, 9.17) is 10.5 Å². The normalized spacial score (nSPS) is 21.1. The first-order valence-corrected chi connectivity index (χ1v) is 5.94. The van der Waals surface area contributed by atoms with Crippen LogP contribution in [0.2, 0.25) is 0 Å². The molecule has 0 bridgehead atoms. The summed E-state index contributed by atoms with van der Waals surface area (Å²) >= 11 is 0. The Morgan fingerprint density at radius 2 is 2.24 bits per heavy atom. The Morgan fingerprint density at radius 3 is 2.82 bits per heavy atom. The topological polar surface area (TPSA) is 64.3 Å². The molecule has 0 radical (unpaired) electrons. The van der Waals surface area contributed by atoms with Gasteiger partial charge in [-0.2, -0.15) is 0 Å². The molecule has 1 fully saturated rings. The highest BCUT2D eigenvalue weighted by Crippen LogP contribution is 2.16. The molecule has 1 heterocycles. The Labute approximate surface area is 101 Å². The Hall–Kier alpha value is -1.39. The minimum absolute atomic E-state index is 0.0206. The summed E-state index contributed by atoms with van der Waals surface area (Å²) in [5.74, 6) is 0.0227. The predicted molar refractivity (Wildman–Crippen MR) is 65.3 cm³/mol. The molecule has 92 valence electrons. The molecule has 0 saturated carbocycles. The summed E-state index contributed by atoms with van der Waals surface area (Å²) in [7, 11) is 0. The molecule has 1 aliphatic rings. The number of ether oxygens (including phenoxy) is 1. The van der Waals surface area contributed by atoms with E-state index in [1.165, 1.54) is 0 Å². The molecule has 0 spiro atoms. The Morgan fingerprint density at radius 1 is 1.47 bits per heavy atom. The van der Waals surface area contributed by atoms with Crippen molar-refractivity contribution in [1.82, 2.24) is 5.32 Å². The fraction of sp³-hybridized carbons (Fsp3) is 0.462. The monoisotopic (exact) mass is 234 g/mol. The van der Waals surface area contributed by atoms with Crippen molar-refractivity contribution in [2.45, 2.75) is 12.5 Å². The van der Waals surface area contributed by atoms with Gasteiger partial charge < -0.3 is 15.8 Å². The first-order valence-electron chi connectivity index (χ1n) is 5.94. The first kappa shape index (κ1) is 12.1. The van der Waals surface area contributed by atoms with E-state index < -0.39 is 0 Å². The summed E-state index contributed by atoms with van der Waals surface area (Å²) in [6.45, 7) is 1.61. The van der Waals surface area contributed by atoms with E-state index in [1.807, 2.05) is 30.3 Å². The number of nitrogens with one attached hydrogen (secondary N) is 1. The van der Waals surface area contributed by atoms with Crippen molar-refractivity contribution < 1.29 is 9.53 Å². The number of nitrogens with two attached hydrogens (primary N) is 1. The van der Waals surface area contributed by atoms with Gasteiger partial charge in [-0.15, -0.1) is 0 Å². The SMILES string of the molecule is NC[C@@H](NC(=O)C1CCOC1)c1ccccc1. The van der Waals surface area contributed by atoms with E-state index in [0.717, 1.165) is 12.0 Å². The van der Waals surface area contributed by atoms with Gasteiger partial charge in [-0.1, -0.05) is 30.3 Å².